The Balaban J connectivity index is 0.000000267. The van der Waals surface area contributed by atoms with Crippen molar-refractivity contribution < 1.29 is 13.0 Å². The zero-order valence-corrected chi connectivity index (χ0v) is 27.6. The van der Waals surface area contributed by atoms with Gasteiger partial charge in [-0.1, -0.05) is 82.5 Å². The minimum absolute atomic E-state index is 0.344. The average molecular weight is 639 g/mol. The maximum absolute atomic E-state index is 11.9. The number of aryl methyl sites for hydroxylation is 4. The van der Waals surface area contributed by atoms with Gasteiger partial charge in [0.15, 0.2) is 6.01 Å². The SMILES string of the molecule is CSc1ccc(C)cc1.Cc1ccc(S(=O)CF)cc1.Cc1ccc(SCCl)cc1.Cc1ccc(SCF)cc1. The number of alkyl halides is 3. The maximum atomic E-state index is 11.9. The predicted molar refractivity (Wildman–Crippen MR) is 177 cm³/mol. The monoisotopic (exact) mass is 638 g/mol. The van der Waals surface area contributed by atoms with Crippen molar-refractivity contribution in [3.05, 3.63) is 119 Å². The second-order valence-corrected chi connectivity index (χ2v) is 13.3. The van der Waals surface area contributed by atoms with Crippen molar-refractivity contribution in [3.8, 4) is 0 Å². The van der Waals surface area contributed by atoms with E-state index in [9.17, 15) is 13.0 Å². The third kappa shape index (κ3) is 16.5. The highest BCUT2D eigenvalue weighted by molar-refractivity contribution is 8.00. The van der Waals surface area contributed by atoms with E-state index in [-0.39, 0.29) is 6.01 Å². The lowest BCUT2D eigenvalue weighted by atomic mass is 10.2. The summed E-state index contributed by atoms with van der Waals surface area (Å²) in [4.78, 5) is 4.12. The molecule has 40 heavy (non-hydrogen) atoms. The summed E-state index contributed by atoms with van der Waals surface area (Å²) in [5, 5.41) is 0.628. The highest BCUT2D eigenvalue weighted by Gasteiger charge is 2.00. The zero-order chi connectivity index (χ0) is 29.8. The third-order valence-electron chi connectivity index (χ3n) is 5.12. The van der Waals surface area contributed by atoms with Crippen LogP contribution in [0, 0.1) is 27.7 Å². The highest BCUT2D eigenvalue weighted by atomic mass is 35.5. The molecule has 0 aliphatic heterocycles. The molecule has 1 nitrogen and oxygen atoms in total. The third-order valence-corrected chi connectivity index (χ3v) is 8.62. The van der Waals surface area contributed by atoms with E-state index in [0.717, 1.165) is 10.5 Å². The Morgan fingerprint density at radius 3 is 1.27 bits per heavy atom. The summed E-state index contributed by atoms with van der Waals surface area (Å²) in [6.45, 7) is 8.13. The van der Waals surface area contributed by atoms with Gasteiger partial charge in [0, 0.05) is 19.6 Å². The van der Waals surface area contributed by atoms with E-state index in [4.69, 9.17) is 11.6 Å². The van der Waals surface area contributed by atoms with Gasteiger partial charge in [-0.25, -0.2) is 8.78 Å². The molecule has 1 atom stereocenters. The summed E-state index contributed by atoms with van der Waals surface area (Å²) in [6.07, 6.45) is 2.09. The van der Waals surface area contributed by atoms with E-state index in [2.05, 4.69) is 68.6 Å². The summed E-state index contributed by atoms with van der Waals surface area (Å²) < 4.78 is 34.5. The van der Waals surface area contributed by atoms with Gasteiger partial charge < -0.3 is 0 Å². The van der Waals surface area contributed by atoms with Gasteiger partial charge in [-0.2, -0.15) is 0 Å². The van der Waals surface area contributed by atoms with E-state index in [1.165, 1.54) is 38.2 Å². The second-order valence-electron chi connectivity index (χ2n) is 8.42. The molecule has 8 heteroatoms. The van der Waals surface area contributed by atoms with E-state index >= 15 is 0 Å². The number of benzene rings is 4. The Morgan fingerprint density at radius 2 is 0.950 bits per heavy atom. The van der Waals surface area contributed by atoms with Crippen molar-refractivity contribution in [2.24, 2.45) is 0 Å². The van der Waals surface area contributed by atoms with Crippen LogP contribution in [0.4, 0.5) is 8.78 Å². The van der Waals surface area contributed by atoms with Crippen molar-refractivity contribution in [1.82, 2.24) is 0 Å². The van der Waals surface area contributed by atoms with Gasteiger partial charge in [-0.05, 0) is 82.5 Å². The molecule has 0 aliphatic carbocycles. The molecule has 0 aliphatic rings. The Bertz CT molecular complexity index is 1170. The summed E-state index contributed by atoms with van der Waals surface area (Å²) in [7, 11) is -1.47. The first-order valence-electron chi connectivity index (χ1n) is 12.3. The molecule has 0 bridgehead atoms. The minimum Gasteiger partial charge on any atom is -0.252 e. The van der Waals surface area contributed by atoms with Gasteiger partial charge in [0.05, 0.1) is 16.0 Å². The first-order valence-corrected chi connectivity index (χ1v) is 17.4. The van der Waals surface area contributed by atoms with Crippen molar-refractivity contribution in [2.75, 3.05) is 23.5 Å². The predicted octanol–water partition coefficient (Wildman–Crippen LogP) is 11.0. The molecule has 0 amide bonds. The van der Waals surface area contributed by atoms with E-state index in [1.807, 2.05) is 50.2 Å². The second kappa shape index (κ2) is 21.9. The molecular weight excluding hydrogens is 602 g/mol. The quantitative estimate of drug-likeness (QED) is 0.148. The first-order chi connectivity index (χ1) is 19.2. The molecule has 216 valence electrons. The number of hydrogen-bond donors (Lipinski definition) is 0. The lowest BCUT2D eigenvalue weighted by Gasteiger charge is -1.96. The van der Waals surface area contributed by atoms with Crippen LogP contribution in [-0.4, -0.2) is 27.7 Å². The van der Waals surface area contributed by atoms with Crippen LogP contribution in [0.15, 0.2) is 117 Å². The minimum atomic E-state index is -1.47. The van der Waals surface area contributed by atoms with Gasteiger partial charge in [-0.15, -0.1) is 35.1 Å². The molecule has 0 N–H and O–H groups in total. The van der Waals surface area contributed by atoms with Crippen LogP contribution < -0.4 is 0 Å². The van der Waals surface area contributed by atoms with Crippen molar-refractivity contribution >= 4 is 57.7 Å². The van der Waals surface area contributed by atoms with Crippen LogP contribution in [-0.2, 0) is 10.8 Å². The molecule has 1 unspecified atom stereocenters. The fourth-order valence-corrected chi connectivity index (χ4v) is 5.08. The zero-order valence-electron chi connectivity index (χ0n) is 23.5. The Labute approximate surface area is 259 Å². The topological polar surface area (TPSA) is 17.1 Å². The Kier molecular flexibility index (Phi) is 19.9. The van der Waals surface area contributed by atoms with Crippen LogP contribution >= 0.6 is 46.9 Å². The molecule has 0 saturated carbocycles. The van der Waals surface area contributed by atoms with E-state index in [0.29, 0.717) is 10.1 Å². The van der Waals surface area contributed by atoms with Gasteiger partial charge >= 0.3 is 0 Å². The molecular formula is C32H37ClF2OS4. The molecule has 0 aromatic heterocycles. The van der Waals surface area contributed by atoms with Gasteiger partial charge in [0.25, 0.3) is 0 Å². The molecule has 4 rings (SSSR count). The molecule has 0 heterocycles. The van der Waals surface area contributed by atoms with Crippen molar-refractivity contribution in [3.63, 3.8) is 0 Å². The van der Waals surface area contributed by atoms with Gasteiger partial charge in [-0.3, -0.25) is 4.21 Å². The average Bonchev–Trinajstić information content (AvgIpc) is 2.97. The highest BCUT2D eigenvalue weighted by Crippen LogP contribution is 2.19. The molecule has 4 aromatic carbocycles. The largest absolute Gasteiger partial charge is 0.252 e. The molecule has 0 radical (unpaired) electrons. The Hall–Kier alpha value is -1.77. The number of rotatable bonds is 7. The van der Waals surface area contributed by atoms with Crippen LogP contribution in [0.25, 0.3) is 0 Å². The van der Waals surface area contributed by atoms with E-state index in [1.54, 1.807) is 35.7 Å². The molecule has 0 spiro atoms. The molecule has 4 aromatic rings. The summed E-state index contributed by atoms with van der Waals surface area (Å²) in [5.41, 5.74) is 4.92. The fourth-order valence-electron chi connectivity index (χ4n) is 2.82. The smallest absolute Gasteiger partial charge is 0.169 e. The van der Waals surface area contributed by atoms with Crippen molar-refractivity contribution in [1.29, 1.82) is 0 Å². The Morgan fingerprint density at radius 1 is 0.600 bits per heavy atom. The standard InChI is InChI=1S/C8H9ClS.C8H9FOS.C8H9FS.C8H10S/c1-7-2-4-8(5-3-7)10-6-9;1-7-2-4-8(5-3-7)11(10)6-9;1-7-2-4-8(5-3-7)10-6-9;1-7-3-5-8(9-2)6-4-7/h2-5H,6H2,1H3;2-5H,6H2,1H3;2-5H,6H2,1H3;3-6H,1-2H3. The van der Waals surface area contributed by atoms with Gasteiger partial charge in [0.2, 0.25) is 0 Å². The van der Waals surface area contributed by atoms with Crippen molar-refractivity contribution in [2.45, 2.75) is 47.3 Å². The normalized spacial score (nSPS) is 10.6. The first kappa shape index (κ1) is 36.3. The number of thioether (sulfide) groups is 3. The lowest BCUT2D eigenvalue weighted by Crippen LogP contribution is -1.91. The summed E-state index contributed by atoms with van der Waals surface area (Å²) in [6, 6.07) is 30.6. The van der Waals surface area contributed by atoms with Gasteiger partial charge in [0.1, 0.15) is 6.01 Å². The summed E-state index contributed by atoms with van der Waals surface area (Å²) >= 11 is 10.2. The fraction of sp³-hybridized carbons (Fsp3) is 0.250. The number of hydrogen-bond acceptors (Lipinski definition) is 4. The van der Waals surface area contributed by atoms with Crippen LogP contribution in [0.3, 0.4) is 0 Å². The van der Waals surface area contributed by atoms with Crippen LogP contribution in [0.2, 0.25) is 0 Å². The molecule has 0 saturated heterocycles. The molecule has 0 fully saturated rings. The van der Waals surface area contributed by atoms with Crippen LogP contribution in [0.5, 0.6) is 0 Å². The van der Waals surface area contributed by atoms with Crippen LogP contribution in [0.1, 0.15) is 22.3 Å². The lowest BCUT2D eigenvalue weighted by molar-refractivity contribution is 0.580. The van der Waals surface area contributed by atoms with E-state index < -0.39 is 16.8 Å². The number of halogens is 3. The maximum Gasteiger partial charge on any atom is 0.169 e. The summed E-state index contributed by atoms with van der Waals surface area (Å²) in [5.74, 6) is 0.